The first-order chi connectivity index (χ1) is 12.9. The van der Waals surface area contributed by atoms with Crippen molar-refractivity contribution in [1.29, 1.82) is 0 Å². The SMILES string of the molecule is OCC1(CNCc2ccnc(-c3ccc(C(F)(F)F)cc3)n2)CCCCC1. The van der Waals surface area contributed by atoms with Crippen LogP contribution in [0.1, 0.15) is 43.4 Å². The predicted molar refractivity (Wildman–Crippen MR) is 96.8 cm³/mol. The highest BCUT2D eigenvalue weighted by Crippen LogP contribution is 2.35. The zero-order valence-corrected chi connectivity index (χ0v) is 15.1. The largest absolute Gasteiger partial charge is 0.416 e. The van der Waals surface area contributed by atoms with Crippen LogP contribution in [-0.2, 0) is 12.7 Å². The van der Waals surface area contributed by atoms with Crippen molar-refractivity contribution in [3.8, 4) is 11.4 Å². The predicted octanol–water partition coefficient (Wildman–Crippen LogP) is 4.19. The van der Waals surface area contributed by atoms with Gasteiger partial charge >= 0.3 is 6.18 Å². The van der Waals surface area contributed by atoms with E-state index in [0.29, 0.717) is 17.9 Å². The van der Waals surface area contributed by atoms with Crippen LogP contribution in [0.2, 0.25) is 0 Å². The molecule has 0 unspecified atom stereocenters. The zero-order valence-electron chi connectivity index (χ0n) is 15.1. The van der Waals surface area contributed by atoms with Crippen molar-refractivity contribution in [3.63, 3.8) is 0 Å². The van der Waals surface area contributed by atoms with Crippen LogP contribution in [0.3, 0.4) is 0 Å². The van der Waals surface area contributed by atoms with Gasteiger partial charge in [0, 0.05) is 36.9 Å². The summed E-state index contributed by atoms with van der Waals surface area (Å²) in [7, 11) is 0. The second kappa shape index (κ2) is 8.35. The van der Waals surface area contributed by atoms with Crippen molar-refractivity contribution in [2.75, 3.05) is 13.2 Å². The monoisotopic (exact) mass is 379 g/mol. The van der Waals surface area contributed by atoms with Crippen molar-refractivity contribution in [1.82, 2.24) is 15.3 Å². The van der Waals surface area contributed by atoms with E-state index >= 15 is 0 Å². The molecule has 0 atom stereocenters. The summed E-state index contributed by atoms with van der Waals surface area (Å²) in [5.41, 5.74) is 0.570. The molecule has 0 bridgehead atoms. The van der Waals surface area contributed by atoms with E-state index in [1.165, 1.54) is 18.6 Å². The van der Waals surface area contributed by atoms with E-state index in [4.69, 9.17) is 0 Å². The van der Waals surface area contributed by atoms with Gasteiger partial charge < -0.3 is 10.4 Å². The molecule has 0 radical (unpaired) electrons. The van der Waals surface area contributed by atoms with E-state index in [0.717, 1.165) is 50.1 Å². The average Bonchev–Trinajstić information content (AvgIpc) is 2.68. The van der Waals surface area contributed by atoms with Crippen molar-refractivity contribution in [2.45, 2.75) is 44.8 Å². The standard InChI is InChI=1S/C20H24F3N3O/c21-20(22,23)16-6-4-15(5-7-16)18-25-11-8-17(26-18)12-24-13-19(14-27)9-2-1-3-10-19/h4-8,11,24,27H,1-3,9-10,12-14H2. The number of aliphatic hydroxyl groups excluding tert-OH is 1. The van der Waals surface area contributed by atoms with Crippen LogP contribution in [-0.4, -0.2) is 28.2 Å². The smallest absolute Gasteiger partial charge is 0.396 e. The maximum absolute atomic E-state index is 12.7. The summed E-state index contributed by atoms with van der Waals surface area (Å²) in [6, 6.07) is 6.64. The van der Waals surface area contributed by atoms with Gasteiger partial charge in [-0.25, -0.2) is 9.97 Å². The second-order valence-corrected chi connectivity index (χ2v) is 7.27. The summed E-state index contributed by atoms with van der Waals surface area (Å²) < 4.78 is 38.0. The van der Waals surface area contributed by atoms with Gasteiger partial charge in [-0.1, -0.05) is 31.4 Å². The van der Waals surface area contributed by atoms with Crippen LogP contribution in [0.5, 0.6) is 0 Å². The Morgan fingerprint density at radius 2 is 1.74 bits per heavy atom. The van der Waals surface area contributed by atoms with Crippen LogP contribution < -0.4 is 5.32 Å². The highest BCUT2D eigenvalue weighted by atomic mass is 19.4. The molecule has 146 valence electrons. The fourth-order valence-corrected chi connectivity index (χ4v) is 3.59. The lowest BCUT2D eigenvalue weighted by Gasteiger charge is -2.35. The van der Waals surface area contributed by atoms with E-state index < -0.39 is 11.7 Å². The Morgan fingerprint density at radius 3 is 2.37 bits per heavy atom. The number of aliphatic hydroxyl groups is 1. The molecule has 7 heteroatoms. The third-order valence-electron chi connectivity index (χ3n) is 5.24. The number of aromatic nitrogens is 2. The highest BCUT2D eigenvalue weighted by molar-refractivity contribution is 5.55. The van der Waals surface area contributed by atoms with Gasteiger partial charge in [-0.05, 0) is 31.0 Å². The number of hydrogen-bond acceptors (Lipinski definition) is 4. The zero-order chi connectivity index (χ0) is 19.3. The topological polar surface area (TPSA) is 58.0 Å². The van der Waals surface area contributed by atoms with Gasteiger partial charge in [-0.3, -0.25) is 0 Å². The highest BCUT2D eigenvalue weighted by Gasteiger charge is 2.31. The molecule has 1 aliphatic rings. The van der Waals surface area contributed by atoms with Crippen LogP contribution in [0.25, 0.3) is 11.4 Å². The molecule has 0 aliphatic heterocycles. The second-order valence-electron chi connectivity index (χ2n) is 7.27. The normalized spacial score (nSPS) is 17.0. The number of halogens is 3. The Bertz CT molecular complexity index is 741. The number of nitrogens with one attached hydrogen (secondary N) is 1. The van der Waals surface area contributed by atoms with E-state index in [1.807, 2.05) is 0 Å². The summed E-state index contributed by atoms with van der Waals surface area (Å²) in [6.07, 6.45) is 2.83. The van der Waals surface area contributed by atoms with E-state index in [1.54, 1.807) is 12.3 Å². The molecule has 2 aromatic rings. The van der Waals surface area contributed by atoms with Gasteiger partial charge in [-0.2, -0.15) is 13.2 Å². The summed E-state index contributed by atoms with van der Waals surface area (Å²) in [4.78, 5) is 8.62. The minimum Gasteiger partial charge on any atom is -0.396 e. The lowest BCUT2D eigenvalue weighted by Crippen LogP contribution is -2.38. The first-order valence-electron chi connectivity index (χ1n) is 9.23. The average molecular weight is 379 g/mol. The molecule has 1 fully saturated rings. The van der Waals surface area contributed by atoms with Gasteiger partial charge in [0.25, 0.3) is 0 Å². The first kappa shape index (κ1) is 19.8. The summed E-state index contributed by atoms with van der Waals surface area (Å²) in [5.74, 6) is 0.401. The fraction of sp³-hybridized carbons (Fsp3) is 0.500. The Balaban J connectivity index is 1.63. The summed E-state index contributed by atoms with van der Waals surface area (Å²) in [5, 5.41) is 13.1. The molecule has 0 amide bonds. The molecular formula is C20H24F3N3O. The molecule has 1 aliphatic carbocycles. The molecular weight excluding hydrogens is 355 g/mol. The van der Waals surface area contributed by atoms with Crippen molar-refractivity contribution < 1.29 is 18.3 Å². The minimum atomic E-state index is -4.35. The Labute approximate surface area is 156 Å². The molecule has 3 rings (SSSR count). The number of hydrogen-bond donors (Lipinski definition) is 2. The van der Waals surface area contributed by atoms with E-state index in [9.17, 15) is 18.3 Å². The Kier molecular flexibility index (Phi) is 6.11. The lowest BCUT2D eigenvalue weighted by molar-refractivity contribution is -0.137. The summed E-state index contributed by atoms with van der Waals surface area (Å²) in [6.45, 7) is 1.43. The number of benzene rings is 1. The third-order valence-corrected chi connectivity index (χ3v) is 5.24. The third kappa shape index (κ3) is 5.05. The Hall–Kier alpha value is -1.99. The van der Waals surface area contributed by atoms with Crippen LogP contribution in [0.4, 0.5) is 13.2 Å². The van der Waals surface area contributed by atoms with Crippen LogP contribution in [0, 0.1) is 5.41 Å². The Morgan fingerprint density at radius 1 is 1.04 bits per heavy atom. The molecule has 1 aromatic carbocycles. The molecule has 1 saturated carbocycles. The molecule has 0 saturated heterocycles. The minimum absolute atomic E-state index is 0.0540. The van der Waals surface area contributed by atoms with Gasteiger partial charge in [0.1, 0.15) is 0 Å². The molecule has 1 heterocycles. The van der Waals surface area contributed by atoms with Crippen molar-refractivity contribution in [3.05, 3.63) is 47.8 Å². The number of alkyl halides is 3. The fourth-order valence-electron chi connectivity index (χ4n) is 3.59. The number of nitrogens with zero attached hydrogens (tertiary/aromatic N) is 2. The summed E-state index contributed by atoms with van der Waals surface area (Å²) >= 11 is 0. The van der Waals surface area contributed by atoms with Gasteiger partial charge in [0.05, 0.1) is 11.3 Å². The first-order valence-corrected chi connectivity index (χ1v) is 9.23. The van der Waals surface area contributed by atoms with Crippen molar-refractivity contribution >= 4 is 0 Å². The van der Waals surface area contributed by atoms with Gasteiger partial charge in [0.15, 0.2) is 5.82 Å². The number of rotatable bonds is 6. The van der Waals surface area contributed by atoms with Gasteiger partial charge in [0.2, 0.25) is 0 Å². The molecule has 0 spiro atoms. The van der Waals surface area contributed by atoms with Crippen LogP contribution >= 0.6 is 0 Å². The maximum Gasteiger partial charge on any atom is 0.416 e. The van der Waals surface area contributed by atoms with Gasteiger partial charge in [-0.15, -0.1) is 0 Å². The van der Waals surface area contributed by atoms with E-state index in [-0.39, 0.29) is 12.0 Å². The molecule has 2 N–H and O–H groups in total. The molecule has 4 nitrogen and oxygen atoms in total. The van der Waals surface area contributed by atoms with Crippen molar-refractivity contribution in [2.24, 2.45) is 5.41 Å². The molecule has 27 heavy (non-hydrogen) atoms. The van der Waals surface area contributed by atoms with E-state index in [2.05, 4.69) is 15.3 Å². The quantitative estimate of drug-likeness (QED) is 0.790. The maximum atomic E-state index is 12.7. The molecule has 1 aromatic heterocycles. The van der Waals surface area contributed by atoms with Crippen LogP contribution in [0.15, 0.2) is 36.5 Å². The lowest BCUT2D eigenvalue weighted by atomic mass is 9.74.